The second-order valence-corrected chi connectivity index (χ2v) is 5.58. The van der Waals surface area contributed by atoms with Crippen molar-refractivity contribution in [1.82, 2.24) is 0 Å². The second-order valence-electron chi connectivity index (χ2n) is 5.58. The van der Waals surface area contributed by atoms with Crippen LogP contribution >= 0.6 is 0 Å². The molecule has 0 fully saturated rings. The van der Waals surface area contributed by atoms with Crippen molar-refractivity contribution in [3.8, 4) is 23.7 Å². The summed E-state index contributed by atoms with van der Waals surface area (Å²) in [6, 6.07) is 36.0. The average molecular weight is 378 g/mol. The van der Waals surface area contributed by atoms with Gasteiger partial charge in [-0.25, -0.2) is 0 Å². The summed E-state index contributed by atoms with van der Waals surface area (Å²) in [4.78, 5) is 0. The van der Waals surface area contributed by atoms with E-state index in [1.54, 1.807) is 0 Å². The standard InChI is InChI=1S/2C13H9.Ti/c2*1-2-6-12(7-3-1)10-11-13-8-4-5-9-13;/h2*1-9H;/q2*-1;+2. The molecule has 27 heavy (non-hydrogen) atoms. The molecule has 0 aliphatic carbocycles. The normalized spacial score (nSPS) is 8.59. The van der Waals surface area contributed by atoms with E-state index in [4.69, 9.17) is 0 Å². The number of hydrogen-bond acceptors (Lipinski definition) is 0. The molecule has 0 aliphatic rings. The van der Waals surface area contributed by atoms with Crippen molar-refractivity contribution in [2.24, 2.45) is 0 Å². The third-order valence-corrected chi connectivity index (χ3v) is 3.58. The van der Waals surface area contributed by atoms with Gasteiger partial charge in [-0.05, 0) is 11.1 Å². The van der Waals surface area contributed by atoms with Gasteiger partial charge in [0, 0.05) is 0 Å². The van der Waals surface area contributed by atoms with Crippen LogP contribution in [-0.4, -0.2) is 0 Å². The average Bonchev–Trinajstić information content (AvgIpc) is 3.41. The van der Waals surface area contributed by atoms with Gasteiger partial charge >= 0.3 is 21.7 Å². The van der Waals surface area contributed by atoms with Crippen LogP contribution in [0, 0.1) is 23.7 Å². The Morgan fingerprint density at radius 2 is 0.778 bits per heavy atom. The van der Waals surface area contributed by atoms with Gasteiger partial charge in [-0.2, -0.15) is 47.9 Å². The Labute approximate surface area is 176 Å². The fraction of sp³-hybridized carbons (Fsp3) is 0. The third kappa shape index (κ3) is 7.39. The first kappa shape index (κ1) is 20.3. The first-order valence-electron chi connectivity index (χ1n) is 8.48. The first-order chi connectivity index (χ1) is 12.9. The minimum absolute atomic E-state index is 0. The molecule has 0 aromatic heterocycles. The minimum atomic E-state index is 0. The minimum Gasteiger partial charge on any atom is -0.176 e. The van der Waals surface area contributed by atoms with Gasteiger partial charge in [-0.3, -0.25) is 0 Å². The Balaban J connectivity index is 0.000000187. The molecule has 0 heterocycles. The summed E-state index contributed by atoms with van der Waals surface area (Å²) in [6.45, 7) is 0. The van der Waals surface area contributed by atoms with Crippen LogP contribution in [0.4, 0.5) is 0 Å². The van der Waals surface area contributed by atoms with E-state index >= 15 is 0 Å². The Hall–Kier alpha value is -3.03. The molecular weight excluding hydrogens is 360 g/mol. The smallest absolute Gasteiger partial charge is 0.176 e. The van der Waals surface area contributed by atoms with Gasteiger partial charge in [0.2, 0.25) is 0 Å². The maximum absolute atomic E-state index is 3.10. The van der Waals surface area contributed by atoms with E-state index in [2.05, 4.69) is 23.7 Å². The Morgan fingerprint density at radius 1 is 0.444 bits per heavy atom. The van der Waals surface area contributed by atoms with E-state index in [-0.39, 0.29) is 21.7 Å². The molecule has 0 atom stereocenters. The van der Waals surface area contributed by atoms with Gasteiger partial charge in [-0.1, -0.05) is 71.8 Å². The summed E-state index contributed by atoms with van der Waals surface area (Å²) >= 11 is 0. The predicted octanol–water partition coefficient (Wildman–Crippen LogP) is 5.61. The monoisotopic (exact) mass is 378 g/mol. The number of rotatable bonds is 0. The van der Waals surface area contributed by atoms with Crippen molar-refractivity contribution < 1.29 is 21.7 Å². The summed E-state index contributed by atoms with van der Waals surface area (Å²) in [7, 11) is 0. The summed E-state index contributed by atoms with van der Waals surface area (Å²) in [5, 5.41) is 0. The fourth-order valence-corrected chi connectivity index (χ4v) is 2.25. The van der Waals surface area contributed by atoms with Crippen LogP contribution in [0.2, 0.25) is 0 Å². The maximum atomic E-state index is 3.10. The molecule has 0 radical (unpaired) electrons. The zero-order valence-corrected chi connectivity index (χ0v) is 16.5. The van der Waals surface area contributed by atoms with Crippen LogP contribution in [0.3, 0.4) is 0 Å². The molecule has 0 spiro atoms. The van der Waals surface area contributed by atoms with Crippen LogP contribution in [0.1, 0.15) is 22.3 Å². The van der Waals surface area contributed by atoms with Crippen LogP contribution in [0.5, 0.6) is 0 Å². The van der Waals surface area contributed by atoms with Crippen LogP contribution in [0.15, 0.2) is 109 Å². The second kappa shape index (κ2) is 11.6. The first-order valence-corrected chi connectivity index (χ1v) is 8.48. The molecule has 4 aromatic rings. The van der Waals surface area contributed by atoms with Crippen molar-refractivity contribution in [1.29, 1.82) is 0 Å². The molecule has 0 nitrogen and oxygen atoms in total. The summed E-state index contributed by atoms with van der Waals surface area (Å²) in [6.07, 6.45) is 0. The molecule has 4 aromatic carbocycles. The Kier molecular flexibility index (Phi) is 8.69. The quantitative estimate of drug-likeness (QED) is 0.212. The van der Waals surface area contributed by atoms with Crippen molar-refractivity contribution in [2.45, 2.75) is 0 Å². The number of hydrogen-bond donors (Lipinski definition) is 0. The van der Waals surface area contributed by atoms with Crippen molar-refractivity contribution in [3.63, 3.8) is 0 Å². The van der Waals surface area contributed by atoms with E-state index in [0.717, 1.165) is 22.3 Å². The van der Waals surface area contributed by atoms with Gasteiger partial charge < -0.3 is 0 Å². The molecule has 4 rings (SSSR count). The van der Waals surface area contributed by atoms with Gasteiger partial charge in [-0.15, -0.1) is 24.3 Å². The molecule has 1 heteroatoms. The van der Waals surface area contributed by atoms with Gasteiger partial charge in [0.15, 0.2) is 0 Å². The topological polar surface area (TPSA) is 0 Å². The van der Waals surface area contributed by atoms with Gasteiger partial charge in [0.25, 0.3) is 0 Å². The van der Waals surface area contributed by atoms with Crippen LogP contribution in [0.25, 0.3) is 0 Å². The summed E-state index contributed by atoms with van der Waals surface area (Å²) < 4.78 is 0. The molecule has 0 unspecified atom stereocenters. The van der Waals surface area contributed by atoms with E-state index in [9.17, 15) is 0 Å². The number of benzene rings is 2. The van der Waals surface area contributed by atoms with E-state index in [1.165, 1.54) is 0 Å². The SMILES string of the molecule is C(#C[c-]1cccc1)c1ccccc1.C(#C[c-]1cccc1)c1ccccc1.[Ti+2]. The zero-order valence-electron chi connectivity index (χ0n) is 14.9. The third-order valence-electron chi connectivity index (χ3n) is 3.58. The zero-order chi connectivity index (χ0) is 17.9. The largest absolute Gasteiger partial charge is 2.00 e. The molecule has 0 saturated heterocycles. The van der Waals surface area contributed by atoms with E-state index < -0.39 is 0 Å². The van der Waals surface area contributed by atoms with Crippen molar-refractivity contribution in [2.75, 3.05) is 0 Å². The Morgan fingerprint density at radius 3 is 1.11 bits per heavy atom. The summed E-state index contributed by atoms with van der Waals surface area (Å²) in [5.74, 6) is 12.4. The maximum Gasteiger partial charge on any atom is 2.00 e. The molecule has 0 N–H and O–H groups in total. The molecule has 0 amide bonds. The van der Waals surface area contributed by atoms with Gasteiger partial charge in [0.1, 0.15) is 0 Å². The van der Waals surface area contributed by atoms with Crippen molar-refractivity contribution in [3.05, 3.63) is 131 Å². The molecular formula is C26H18Ti. The molecule has 0 saturated carbocycles. The summed E-state index contributed by atoms with van der Waals surface area (Å²) in [5.41, 5.74) is 4.26. The van der Waals surface area contributed by atoms with Crippen molar-refractivity contribution >= 4 is 0 Å². The molecule has 0 aliphatic heterocycles. The molecule has 126 valence electrons. The van der Waals surface area contributed by atoms with E-state index in [0.29, 0.717) is 0 Å². The van der Waals surface area contributed by atoms with E-state index in [1.807, 2.05) is 109 Å². The molecule has 0 bridgehead atoms. The van der Waals surface area contributed by atoms with Crippen LogP contribution in [-0.2, 0) is 21.7 Å². The fourth-order valence-electron chi connectivity index (χ4n) is 2.25. The Bertz CT molecular complexity index is 914. The van der Waals surface area contributed by atoms with Crippen LogP contribution < -0.4 is 0 Å². The van der Waals surface area contributed by atoms with Gasteiger partial charge in [0.05, 0.1) is 0 Å². The predicted molar refractivity (Wildman–Crippen MR) is 109 cm³/mol.